The zero-order valence-electron chi connectivity index (χ0n) is 14.4. The monoisotopic (exact) mass is 342 g/mol. The molecule has 5 heteroatoms. The number of aromatic hydroxyl groups is 2. The molecule has 0 amide bonds. The zero-order valence-corrected chi connectivity index (χ0v) is 14.4. The zero-order chi connectivity index (χ0) is 18.4. The Kier molecular flexibility index (Phi) is 6.17. The number of hydrogen-bond donors (Lipinski definition) is 2. The van der Waals surface area contributed by atoms with Crippen molar-refractivity contribution in [2.45, 2.75) is 33.1 Å². The van der Waals surface area contributed by atoms with Crippen LogP contribution in [0.3, 0.4) is 0 Å². The van der Waals surface area contributed by atoms with Gasteiger partial charge in [0.15, 0.2) is 5.78 Å². The van der Waals surface area contributed by atoms with Crippen LogP contribution < -0.4 is 0 Å². The fourth-order valence-electron chi connectivity index (χ4n) is 2.57. The first kappa shape index (κ1) is 18.5. The van der Waals surface area contributed by atoms with E-state index in [9.17, 15) is 19.8 Å². The van der Waals surface area contributed by atoms with Gasteiger partial charge in [-0.2, -0.15) is 0 Å². The van der Waals surface area contributed by atoms with Gasteiger partial charge in [-0.3, -0.25) is 4.79 Å². The number of para-hydroxylation sites is 1. The molecule has 0 radical (unpaired) electrons. The smallest absolute Gasteiger partial charge is 0.341 e. The molecule has 2 rings (SSSR count). The molecule has 2 aromatic rings. The van der Waals surface area contributed by atoms with Crippen molar-refractivity contribution in [3.05, 3.63) is 58.7 Å². The number of hydrogen-bond acceptors (Lipinski definition) is 5. The van der Waals surface area contributed by atoms with Crippen molar-refractivity contribution in [1.29, 1.82) is 0 Å². The van der Waals surface area contributed by atoms with E-state index in [-0.39, 0.29) is 34.8 Å². The molecule has 132 valence electrons. The van der Waals surface area contributed by atoms with Crippen LogP contribution in [0.25, 0.3) is 0 Å². The van der Waals surface area contributed by atoms with Crippen LogP contribution in [0.15, 0.2) is 36.4 Å². The average molecular weight is 342 g/mol. The summed E-state index contributed by atoms with van der Waals surface area (Å²) in [5, 5.41) is 20.3. The summed E-state index contributed by atoms with van der Waals surface area (Å²) >= 11 is 0. The third-order valence-corrected chi connectivity index (χ3v) is 3.89. The summed E-state index contributed by atoms with van der Waals surface area (Å²) in [4.78, 5) is 24.9. The van der Waals surface area contributed by atoms with E-state index in [0.29, 0.717) is 12.0 Å². The van der Waals surface area contributed by atoms with E-state index in [1.807, 2.05) is 6.92 Å². The molecular formula is C20H22O5. The van der Waals surface area contributed by atoms with Gasteiger partial charge in [-0.05, 0) is 49.6 Å². The highest BCUT2D eigenvalue weighted by Gasteiger charge is 2.21. The van der Waals surface area contributed by atoms with Gasteiger partial charge in [0.2, 0.25) is 0 Å². The van der Waals surface area contributed by atoms with Crippen LogP contribution in [0.1, 0.15) is 58.5 Å². The Morgan fingerprint density at radius 3 is 2.40 bits per heavy atom. The highest BCUT2D eigenvalue weighted by Crippen LogP contribution is 2.29. The lowest BCUT2D eigenvalue weighted by Gasteiger charge is -2.12. The predicted octanol–water partition coefficient (Wildman–Crippen LogP) is 3.85. The molecule has 0 saturated carbocycles. The van der Waals surface area contributed by atoms with Crippen LogP contribution in [0.4, 0.5) is 0 Å². The Balaban J connectivity index is 2.53. The molecule has 0 bridgehead atoms. The summed E-state index contributed by atoms with van der Waals surface area (Å²) in [5.41, 5.74) is 0.860. The van der Waals surface area contributed by atoms with E-state index >= 15 is 0 Å². The summed E-state index contributed by atoms with van der Waals surface area (Å²) in [6.45, 7) is 3.85. The molecule has 2 aromatic carbocycles. The number of ketones is 1. The number of benzene rings is 2. The van der Waals surface area contributed by atoms with E-state index in [2.05, 4.69) is 0 Å². The number of unbranched alkanes of at least 4 members (excludes halogenated alkanes) is 1. The molecule has 0 aromatic heterocycles. The lowest BCUT2D eigenvalue weighted by Crippen LogP contribution is -2.10. The van der Waals surface area contributed by atoms with E-state index < -0.39 is 11.8 Å². The average Bonchev–Trinajstić information content (AvgIpc) is 2.61. The first-order valence-corrected chi connectivity index (χ1v) is 8.35. The molecule has 0 spiro atoms. The van der Waals surface area contributed by atoms with Crippen molar-refractivity contribution in [2.24, 2.45) is 0 Å². The molecular weight excluding hydrogens is 320 g/mol. The second kappa shape index (κ2) is 8.33. The number of carbonyl (C=O) groups excluding carboxylic acids is 2. The molecule has 5 nitrogen and oxygen atoms in total. The van der Waals surface area contributed by atoms with Gasteiger partial charge in [-0.1, -0.05) is 25.5 Å². The Hall–Kier alpha value is -2.82. The highest BCUT2D eigenvalue weighted by molar-refractivity contribution is 6.12. The minimum atomic E-state index is -0.676. The molecule has 0 saturated heterocycles. The van der Waals surface area contributed by atoms with Crippen LogP contribution >= 0.6 is 0 Å². The standard InChI is InChI=1S/C20H22O5/c1-3-5-8-13-11-14(12-16(18(13)22)20(24)25-4-2)19(23)15-9-6-7-10-17(15)21/h6-7,9-12,21-22H,3-5,8H2,1-2H3. The van der Waals surface area contributed by atoms with Gasteiger partial charge in [0, 0.05) is 5.56 Å². The van der Waals surface area contributed by atoms with Crippen LogP contribution in [0.5, 0.6) is 11.5 Å². The Bertz CT molecular complexity index is 780. The van der Waals surface area contributed by atoms with E-state index in [1.165, 1.54) is 18.2 Å². The number of carbonyl (C=O) groups is 2. The number of rotatable bonds is 7. The van der Waals surface area contributed by atoms with Crippen molar-refractivity contribution in [1.82, 2.24) is 0 Å². The number of aryl methyl sites for hydroxylation is 1. The molecule has 0 heterocycles. The normalized spacial score (nSPS) is 10.5. The fraction of sp³-hybridized carbons (Fsp3) is 0.300. The minimum absolute atomic E-state index is 0.0331. The first-order valence-electron chi connectivity index (χ1n) is 8.35. The fourth-order valence-corrected chi connectivity index (χ4v) is 2.57. The van der Waals surface area contributed by atoms with E-state index in [0.717, 1.165) is 12.8 Å². The van der Waals surface area contributed by atoms with E-state index in [4.69, 9.17) is 4.74 Å². The van der Waals surface area contributed by atoms with Crippen molar-refractivity contribution >= 4 is 11.8 Å². The number of phenolic OH excluding ortho intramolecular Hbond substituents is 2. The quantitative estimate of drug-likeness (QED) is 0.590. The summed E-state index contributed by atoms with van der Waals surface area (Å²) < 4.78 is 4.97. The van der Waals surface area contributed by atoms with Gasteiger partial charge in [-0.25, -0.2) is 4.79 Å². The number of esters is 1. The Morgan fingerprint density at radius 2 is 1.76 bits per heavy atom. The van der Waals surface area contributed by atoms with Crippen LogP contribution in [0, 0.1) is 0 Å². The predicted molar refractivity (Wildman–Crippen MR) is 94.2 cm³/mol. The van der Waals surface area contributed by atoms with Gasteiger partial charge < -0.3 is 14.9 Å². The molecule has 0 aliphatic rings. The third-order valence-electron chi connectivity index (χ3n) is 3.89. The Labute approximate surface area is 146 Å². The van der Waals surface area contributed by atoms with Crippen molar-refractivity contribution < 1.29 is 24.5 Å². The lowest BCUT2D eigenvalue weighted by atomic mass is 9.95. The minimum Gasteiger partial charge on any atom is -0.507 e. The van der Waals surface area contributed by atoms with Gasteiger partial charge in [-0.15, -0.1) is 0 Å². The van der Waals surface area contributed by atoms with Crippen LogP contribution in [0.2, 0.25) is 0 Å². The Morgan fingerprint density at radius 1 is 1.04 bits per heavy atom. The van der Waals surface area contributed by atoms with Crippen LogP contribution in [-0.4, -0.2) is 28.6 Å². The van der Waals surface area contributed by atoms with Gasteiger partial charge in [0.05, 0.1) is 12.2 Å². The largest absolute Gasteiger partial charge is 0.507 e. The van der Waals surface area contributed by atoms with Crippen molar-refractivity contribution in [3.63, 3.8) is 0 Å². The topological polar surface area (TPSA) is 83.8 Å². The SMILES string of the molecule is CCCCc1cc(C(=O)c2ccccc2O)cc(C(=O)OCC)c1O. The number of ether oxygens (including phenoxy) is 1. The van der Waals surface area contributed by atoms with Crippen LogP contribution in [-0.2, 0) is 11.2 Å². The maximum absolute atomic E-state index is 12.7. The van der Waals surface area contributed by atoms with Gasteiger partial charge >= 0.3 is 5.97 Å². The van der Waals surface area contributed by atoms with Crippen molar-refractivity contribution in [2.75, 3.05) is 6.61 Å². The van der Waals surface area contributed by atoms with Crippen molar-refractivity contribution in [3.8, 4) is 11.5 Å². The summed E-state index contributed by atoms with van der Waals surface area (Å²) in [6, 6.07) is 9.11. The molecule has 0 unspecified atom stereocenters. The first-order chi connectivity index (χ1) is 12.0. The van der Waals surface area contributed by atoms with E-state index in [1.54, 1.807) is 25.1 Å². The second-order valence-electron chi connectivity index (χ2n) is 5.70. The maximum atomic E-state index is 12.7. The molecule has 0 aliphatic heterocycles. The van der Waals surface area contributed by atoms with Gasteiger partial charge in [0.25, 0.3) is 0 Å². The molecule has 0 atom stereocenters. The van der Waals surface area contributed by atoms with Gasteiger partial charge in [0.1, 0.15) is 17.1 Å². The summed E-state index contributed by atoms with van der Waals surface area (Å²) in [5.74, 6) is -1.37. The second-order valence-corrected chi connectivity index (χ2v) is 5.70. The molecule has 2 N–H and O–H groups in total. The molecule has 25 heavy (non-hydrogen) atoms. The number of phenols is 2. The lowest BCUT2D eigenvalue weighted by molar-refractivity contribution is 0.0523. The summed E-state index contributed by atoms with van der Waals surface area (Å²) in [7, 11) is 0. The highest BCUT2D eigenvalue weighted by atomic mass is 16.5. The molecule has 0 fully saturated rings. The third kappa shape index (κ3) is 4.18. The maximum Gasteiger partial charge on any atom is 0.341 e. The summed E-state index contributed by atoms with van der Waals surface area (Å²) in [6.07, 6.45) is 2.26. The molecule has 0 aliphatic carbocycles.